The zero-order valence-corrected chi connectivity index (χ0v) is 15.0. The smallest absolute Gasteiger partial charge is 0.310 e. The van der Waals surface area contributed by atoms with E-state index in [1.807, 2.05) is 24.3 Å². The summed E-state index contributed by atoms with van der Waals surface area (Å²) in [7, 11) is 0. The Labute approximate surface area is 144 Å². The van der Waals surface area contributed by atoms with Crippen molar-refractivity contribution in [2.75, 3.05) is 0 Å². The van der Waals surface area contributed by atoms with Crippen molar-refractivity contribution in [3.05, 3.63) is 58.5 Å². The number of rotatable bonds is 2. The maximum Gasteiger partial charge on any atom is 0.310 e. The Hall–Kier alpha value is -1.88. The standard InChI is InChI=1S/C18H19BrN2O2/c1-18(2,3)16-11-14(12-6-8-13(19)9-7-12)21(20-16)17(22)15-5-4-10-23-15/h4-10,14H,11H2,1-3H3/t14-/m1/s1. The first kappa shape index (κ1) is 16.0. The molecule has 0 saturated carbocycles. The molecule has 1 amide bonds. The van der Waals surface area contributed by atoms with E-state index in [-0.39, 0.29) is 17.4 Å². The maximum atomic E-state index is 12.7. The molecule has 1 aliphatic rings. The molecule has 1 aromatic heterocycles. The Morgan fingerprint density at radius 1 is 1.26 bits per heavy atom. The second kappa shape index (κ2) is 5.96. The Morgan fingerprint density at radius 3 is 2.52 bits per heavy atom. The number of halogens is 1. The molecule has 0 aliphatic carbocycles. The van der Waals surface area contributed by atoms with Crippen LogP contribution in [0.2, 0.25) is 0 Å². The Kier molecular flexibility index (Phi) is 4.15. The first-order valence-electron chi connectivity index (χ1n) is 7.57. The van der Waals surface area contributed by atoms with Gasteiger partial charge in [0.2, 0.25) is 0 Å². The Bertz CT molecular complexity index is 727. The van der Waals surface area contributed by atoms with Crippen molar-refractivity contribution in [2.24, 2.45) is 10.5 Å². The van der Waals surface area contributed by atoms with Gasteiger partial charge in [-0.05, 0) is 29.8 Å². The quantitative estimate of drug-likeness (QED) is 0.739. The van der Waals surface area contributed by atoms with Gasteiger partial charge in [0.05, 0.1) is 12.3 Å². The molecule has 0 bridgehead atoms. The molecule has 1 aromatic carbocycles. The van der Waals surface area contributed by atoms with E-state index < -0.39 is 0 Å². The van der Waals surface area contributed by atoms with Crippen molar-refractivity contribution >= 4 is 27.5 Å². The Balaban J connectivity index is 1.97. The highest BCUT2D eigenvalue weighted by molar-refractivity contribution is 9.10. The Morgan fingerprint density at radius 2 is 1.96 bits per heavy atom. The van der Waals surface area contributed by atoms with Crippen LogP contribution < -0.4 is 0 Å². The van der Waals surface area contributed by atoms with Gasteiger partial charge in [-0.1, -0.05) is 48.8 Å². The number of carbonyl (C=O) groups is 1. The van der Waals surface area contributed by atoms with E-state index in [9.17, 15) is 4.79 Å². The number of hydrogen-bond acceptors (Lipinski definition) is 3. The van der Waals surface area contributed by atoms with Gasteiger partial charge in [0.15, 0.2) is 5.76 Å². The molecule has 2 heterocycles. The number of benzene rings is 1. The van der Waals surface area contributed by atoms with Gasteiger partial charge < -0.3 is 4.42 Å². The largest absolute Gasteiger partial charge is 0.459 e. The third kappa shape index (κ3) is 3.24. The van der Waals surface area contributed by atoms with Crippen molar-refractivity contribution < 1.29 is 9.21 Å². The van der Waals surface area contributed by atoms with Crippen LogP contribution >= 0.6 is 15.9 Å². The van der Waals surface area contributed by atoms with Crippen LogP contribution in [0.15, 0.2) is 56.7 Å². The van der Waals surface area contributed by atoms with Crippen LogP contribution in [-0.4, -0.2) is 16.6 Å². The highest BCUT2D eigenvalue weighted by Gasteiger charge is 2.37. The summed E-state index contributed by atoms with van der Waals surface area (Å²) in [5.74, 6) is 0.105. The van der Waals surface area contributed by atoms with E-state index in [0.717, 1.165) is 22.2 Å². The van der Waals surface area contributed by atoms with E-state index in [1.165, 1.54) is 6.26 Å². The summed E-state index contributed by atoms with van der Waals surface area (Å²) in [6, 6.07) is 11.3. The lowest BCUT2D eigenvalue weighted by molar-refractivity contribution is 0.0678. The zero-order chi connectivity index (χ0) is 16.6. The molecule has 0 unspecified atom stereocenters. The van der Waals surface area contributed by atoms with Crippen LogP contribution in [0.1, 0.15) is 49.4 Å². The van der Waals surface area contributed by atoms with Gasteiger partial charge in [-0.15, -0.1) is 0 Å². The lowest BCUT2D eigenvalue weighted by Crippen LogP contribution is -2.26. The lowest BCUT2D eigenvalue weighted by Gasteiger charge is -2.21. The molecule has 0 spiro atoms. The monoisotopic (exact) mass is 374 g/mol. The molecule has 0 saturated heterocycles. The minimum atomic E-state index is -0.206. The molecule has 23 heavy (non-hydrogen) atoms. The average molecular weight is 375 g/mol. The van der Waals surface area contributed by atoms with Gasteiger partial charge in [-0.25, -0.2) is 5.01 Å². The van der Waals surface area contributed by atoms with E-state index in [1.54, 1.807) is 17.1 Å². The van der Waals surface area contributed by atoms with Crippen LogP contribution in [0.3, 0.4) is 0 Å². The van der Waals surface area contributed by atoms with Crippen molar-refractivity contribution in [1.29, 1.82) is 0 Å². The number of amides is 1. The van der Waals surface area contributed by atoms with E-state index in [2.05, 4.69) is 41.8 Å². The molecule has 1 atom stereocenters. The molecule has 2 aromatic rings. The lowest BCUT2D eigenvalue weighted by atomic mass is 9.86. The first-order valence-corrected chi connectivity index (χ1v) is 8.36. The van der Waals surface area contributed by atoms with Crippen molar-refractivity contribution in [2.45, 2.75) is 33.2 Å². The number of carbonyl (C=O) groups excluding carboxylic acids is 1. The molecule has 5 heteroatoms. The SMILES string of the molecule is CC(C)(C)C1=NN(C(=O)c2ccco2)[C@@H](c2ccc(Br)cc2)C1. The molecular formula is C18H19BrN2O2. The average Bonchev–Trinajstić information content (AvgIpc) is 3.16. The predicted molar refractivity (Wildman–Crippen MR) is 93.3 cm³/mol. The summed E-state index contributed by atoms with van der Waals surface area (Å²) in [6.07, 6.45) is 2.24. The van der Waals surface area contributed by atoms with Gasteiger partial charge in [-0.2, -0.15) is 5.10 Å². The van der Waals surface area contributed by atoms with Crippen LogP contribution in [-0.2, 0) is 0 Å². The van der Waals surface area contributed by atoms with Crippen LogP contribution in [0.25, 0.3) is 0 Å². The second-order valence-electron chi connectivity index (χ2n) is 6.70. The fraction of sp³-hybridized carbons (Fsp3) is 0.333. The molecule has 120 valence electrons. The summed E-state index contributed by atoms with van der Waals surface area (Å²) >= 11 is 3.45. The minimum absolute atomic E-state index is 0.0776. The van der Waals surface area contributed by atoms with Gasteiger partial charge in [0.25, 0.3) is 0 Å². The first-order chi connectivity index (χ1) is 10.9. The van der Waals surface area contributed by atoms with Crippen molar-refractivity contribution in [3.8, 4) is 0 Å². The third-order valence-electron chi connectivity index (χ3n) is 3.97. The van der Waals surface area contributed by atoms with Crippen molar-refractivity contribution in [3.63, 3.8) is 0 Å². The summed E-state index contributed by atoms with van der Waals surface area (Å²) in [4.78, 5) is 12.7. The molecule has 0 fully saturated rings. The summed E-state index contributed by atoms with van der Waals surface area (Å²) in [6.45, 7) is 6.35. The van der Waals surface area contributed by atoms with E-state index in [0.29, 0.717) is 5.76 Å². The molecule has 4 nitrogen and oxygen atoms in total. The number of hydrogen-bond donors (Lipinski definition) is 0. The van der Waals surface area contributed by atoms with Gasteiger partial charge in [0.1, 0.15) is 0 Å². The molecule has 0 radical (unpaired) electrons. The fourth-order valence-electron chi connectivity index (χ4n) is 2.61. The summed E-state index contributed by atoms with van der Waals surface area (Å²) in [5.41, 5.74) is 2.01. The normalized spacial score (nSPS) is 18.2. The fourth-order valence-corrected chi connectivity index (χ4v) is 2.87. The van der Waals surface area contributed by atoms with Gasteiger partial charge in [-0.3, -0.25) is 4.79 Å². The van der Waals surface area contributed by atoms with E-state index >= 15 is 0 Å². The zero-order valence-electron chi connectivity index (χ0n) is 13.4. The molecular weight excluding hydrogens is 356 g/mol. The second-order valence-corrected chi connectivity index (χ2v) is 7.61. The van der Waals surface area contributed by atoms with E-state index in [4.69, 9.17) is 4.42 Å². The summed E-state index contributed by atoms with van der Waals surface area (Å²) in [5, 5.41) is 6.18. The highest BCUT2D eigenvalue weighted by atomic mass is 79.9. The number of nitrogens with zero attached hydrogens (tertiary/aromatic N) is 2. The van der Waals surface area contributed by atoms with Crippen LogP contribution in [0.5, 0.6) is 0 Å². The van der Waals surface area contributed by atoms with Crippen LogP contribution in [0, 0.1) is 5.41 Å². The minimum Gasteiger partial charge on any atom is -0.459 e. The van der Waals surface area contributed by atoms with Gasteiger partial charge >= 0.3 is 5.91 Å². The molecule has 3 rings (SSSR count). The maximum absolute atomic E-state index is 12.7. The van der Waals surface area contributed by atoms with Gasteiger partial charge in [0, 0.05) is 22.0 Å². The highest BCUT2D eigenvalue weighted by Crippen LogP contribution is 2.37. The predicted octanol–water partition coefficient (Wildman–Crippen LogP) is 5.03. The number of hydrazone groups is 1. The van der Waals surface area contributed by atoms with Crippen molar-refractivity contribution in [1.82, 2.24) is 5.01 Å². The summed E-state index contributed by atoms with van der Waals surface area (Å²) < 4.78 is 6.28. The topological polar surface area (TPSA) is 45.8 Å². The molecule has 0 N–H and O–H groups in total. The number of furan rings is 1. The van der Waals surface area contributed by atoms with Crippen LogP contribution in [0.4, 0.5) is 0 Å². The molecule has 1 aliphatic heterocycles. The third-order valence-corrected chi connectivity index (χ3v) is 4.50.